The van der Waals surface area contributed by atoms with Gasteiger partial charge < -0.3 is 14.5 Å². The van der Waals surface area contributed by atoms with Crippen molar-refractivity contribution in [2.24, 2.45) is 0 Å². The first kappa shape index (κ1) is 14.6. The minimum Gasteiger partial charge on any atom is -0.362 e. The van der Waals surface area contributed by atoms with Gasteiger partial charge in [0.15, 0.2) is 5.34 Å². The molecule has 0 rings (SSSR count). The SMILES string of the molecule is CCC(CC)(OCCCBr)P(=O)(O)O. The van der Waals surface area contributed by atoms with Crippen molar-refractivity contribution in [3.63, 3.8) is 0 Å². The standard InChI is InChI=1S/C8H18BrO4P/c1-3-8(4-2,14(10,11)12)13-7-5-6-9/h3-7H2,1-2H3,(H2,10,11,12). The lowest BCUT2D eigenvalue weighted by atomic mass is 10.2. The van der Waals surface area contributed by atoms with Crippen LogP contribution in [0.1, 0.15) is 33.1 Å². The van der Waals surface area contributed by atoms with Crippen LogP contribution in [0.4, 0.5) is 0 Å². The van der Waals surface area contributed by atoms with Gasteiger partial charge >= 0.3 is 7.60 Å². The fourth-order valence-corrected chi connectivity index (χ4v) is 2.58. The van der Waals surface area contributed by atoms with Crippen molar-refractivity contribution in [1.82, 2.24) is 0 Å². The van der Waals surface area contributed by atoms with Crippen LogP contribution in [0, 0.1) is 0 Å². The molecule has 14 heavy (non-hydrogen) atoms. The van der Waals surface area contributed by atoms with Gasteiger partial charge in [0.2, 0.25) is 0 Å². The first-order valence-corrected chi connectivity index (χ1v) is 7.42. The van der Waals surface area contributed by atoms with Gasteiger partial charge in [-0.05, 0) is 19.3 Å². The van der Waals surface area contributed by atoms with Crippen LogP contribution in [0.3, 0.4) is 0 Å². The molecule has 2 N–H and O–H groups in total. The number of ether oxygens (including phenoxy) is 1. The van der Waals surface area contributed by atoms with Crippen molar-refractivity contribution in [3.05, 3.63) is 0 Å². The summed E-state index contributed by atoms with van der Waals surface area (Å²) in [5.41, 5.74) is 0. The number of hydrogen-bond acceptors (Lipinski definition) is 2. The lowest BCUT2D eigenvalue weighted by Crippen LogP contribution is -2.31. The Bertz CT molecular complexity index is 200. The summed E-state index contributed by atoms with van der Waals surface area (Å²) in [5, 5.41) is -0.507. The van der Waals surface area contributed by atoms with Crippen LogP contribution >= 0.6 is 23.5 Å². The van der Waals surface area contributed by atoms with Crippen molar-refractivity contribution >= 4 is 23.5 Å². The molecule has 0 unspecified atom stereocenters. The zero-order valence-corrected chi connectivity index (χ0v) is 11.1. The highest BCUT2D eigenvalue weighted by Crippen LogP contribution is 2.55. The molecule has 0 bridgehead atoms. The third-order valence-electron chi connectivity index (χ3n) is 2.28. The second kappa shape index (κ2) is 6.23. The largest absolute Gasteiger partial charge is 0.362 e. The molecule has 0 aromatic rings. The second-order valence-electron chi connectivity index (χ2n) is 3.09. The Morgan fingerprint density at radius 2 is 1.86 bits per heavy atom. The quantitative estimate of drug-likeness (QED) is 0.429. The average Bonchev–Trinajstić information content (AvgIpc) is 2.11. The van der Waals surface area contributed by atoms with Crippen LogP contribution in [0.2, 0.25) is 0 Å². The van der Waals surface area contributed by atoms with E-state index >= 15 is 0 Å². The smallest absolute Gasteiger partial charge is 0.357 e. The van der Waals surface area contributed by atoms with Crippen molar-refractivity contribution in [2.75, 3.05) is 11.9 Å². The molecule has 86 valence electrons. The molecule has 0 heterocycles. The molecular formula is C8H18BrO4P. The van der Waals surface area contributed by atoms with E-state index in [0.29, 0.717) is 19.4 Å². The molecule has 0 saturated carbocycles. The van der Waals surface area contributed by atoms with Gasteiger partial charge in [-0.25, -0.2) is 0 Å². The zero-order valence-electron chi connectivity index (χ0n) is 8.57. The maximum atomic E-state index is 11.3. The summed E-state index contributed by atoms with van der Waals surface area (Å²) in [7, 11) is -4.18. The average molecular weight is 289 g/mol. The third kappa shape index (κ3) is 3.63. The first-order chi connectivity index (χ1) is 6.43. The highest BCUT2D eigenvalue weighted by atomic mass is 79.9. The Morgan fingerprint density at radius 3 is 2.14 bits per heavy atom. The molecule has 0 spiro atoms. The molecular weight excluding hydrogens is 271 g/mol. The molecule has 6 heteroatoms. The van der Waals surface area contributed by atoms with E-state index in [1.165, 1.54) is 0 Å². The van der Waals surface area contributed by atoms with Gasteiger partial charge in [-0.2, -0.15) is 0 Å². The van der Waals surface area contributed by atoms with E-state index < -0.39 is 12.9 Å². The molecule has 0 aromatic heterocycles. The van der Waals surface area contributed by atoms with Gasteiger partial charge in [0.25, 0.3) is 0 Å². The Kier molecular flexibility index (Phi) is 6.50. The molecule has 0 aliphatic heterocycles. The second-order valence-corrected chi connectivity index (χ2v) is 5.78. The van der Waals surface area contributed by atoms with Crippen LogP contribution in [-0.2, 0) is 9.30 Å². The molecule has 0 saturated heterocycles. The summed E-state index contributed by atoms with van der Waals surface area (Å²) in [6, 6.07) is 0. The number of hydrogen-bond donors (Lipinski definition) is 2. The van der Waals surface area contributed by atoms with Crippen LogP contribution in [0.25, 0.3) is 0 Å². The van der Waals surface area contributed by atoms with Crippen LogP contribution < -0.4 is 0 Å². The molecule has 0 amide bonds. The fourth-order valence-electron chi connectivity index (χ4n) is 1.27. The Morgan fingerprint density at radius 1 is 1.36 bits per heavy atom. The summed E-state index contributed by atoms with van der Waals surface area (Å²) in [4.78, 5) is 18.4. The highest BCUT2D eigenvalue weighted by molar-refractivity contribution is 9.09. The van der Waals surface area contributed by atoms with E-state index in [9.17, 15) is 14.4 Å². The maximum absolute atomic E-state index is 11.3. The van der Waals surface area contributed by atoms with Crippen molar-refractivity contribution in [1.29, 1.82) is 0 Å². The summed E-state index contributed by atoms with van der Waals surface area (Å²) < 4.78 is 16.6. The van der Waals surface area contributed by atoms with Gasteiger partial charge in [0, 0.05) is 11.9 Å². The van der Waals surface area contributed by atoms with E-state index in [2.05, 4.69) is 15.9 Å². The monoisotopic (exact) mass is 288 g/mol. The first-order valence-electron chi connectivity index (χ1n) is 4.69. The summed E-state index contributed by atoms with van der Waals surface area (Å²) in [6.07, 6.45) is 1.41. The highest BCUT2D eigenvalue weighted by Gasteiger charge is 2.44. The Balaban J connectivity index is 4.47. The van der Waals surface area contributed by atoms with E-state index in [1.807, 2.05) is 0 Å². The summed E-state index contributed by atoms with van der Waals surface area (Å²) in [5.74, 6) is 0. The topological polar surface area (TPSA) is 66.8 Å². The third-order valence-corrected chi connectivity index (χ3v) is 4.67. The van der Waals surface area contributed by atoms with Crippen molar-refractivity contribution < 1.29 is 19.1 Å². The Hall–Kier alpha value is 0.590. The molecule has 0 aromatic carbocycles. The van der Waals surface area contributed by atoms with Crippen LogP contribution in [0.15, 0.2) is 0 Å². The van der Waals surface area contributed by atoms with Crippen LogP contribution in [-0.4, -0.2) is 27.1 Å². The van der Waals surface area contributed by atoms with E-state index in [1.54, 1.807) is 13.8 Å². The van der Waals surface area contributed by atoms with Gasteiger partial charge in [0.1, 0.15) is 0 Å². The number of alkyl halides is 1. The van der Waals surface area contributed by atoms with Gasteiger partial charge in [-0.15, -0.1) is 0 Å². The van der Waals surface area contributed by atoms with Gasteiger partial charge in [-0.1, -0.05) is 29.8 Å². The molecule has 0 aliphatic rings. The predicted octanol–water partition coefficient (Wildman–Crippen LogP) is 2.48. The number of halogens is 1. The summed E-state index contributed by atoms with van der Waals surface area (Å²) in [6.45, 7) is 3.84. The van der Waals surface area contributed by atoms with Crippen LogP contribution in [0.5, 0.6) is 0 Å². The fraction of sp³-hybridized carbons (Fsp3) is 1.00. The normalized spacial score (nSPS) is 13.2. The molecule has 0 fully saturated rings. The van der Waals surface area contributed by atoms with E-state index in [-0.39, 0.29) is 0 Å². The van der Waals surface area contributed by atoms with E-state index in [4.69, 9.17) is 4.74 Å². The minimum absolute atomic E-state index is 0.329. The lowest BCUT2D eigenvalue weighted by molar-refractivity contribution is -0.00570. The molecule has 0 radical (unpaired) electrons. The summed E-state index contributed by atoms with van der Waals surface area (Å²) >= 11 is 3.24. The number of rotatable bonds is 7. The Labute approximate surface area is 93.3 Å². The predicted molar refractivity (Wildman–Crippen MR) is 59.7 cm³/mol. The van der Waals surface area contributed by atoms with E-state index in [0.717, 1.165) is 11.8 Å². The maximum Gasteiger partial charge on any atom is 0.357 e. The molecule has 0 atom stereocenters. The minimum atomic E-state index is -4.18. The zero-order chi connectivity index (χ0) is 11.2. The van der Waals surface area contributed by atoms with Gasteiger partial charge in [0.05, 0.1) is 0 Å². The molecule has 4 nitrogen and oxygen atoms in total. The lowest BCUT2D eigenvalue weighted by Gasteiger charge is -2.32. The van der Waals surface area contributed by atoms with Crippen molar-refractivity contribution in [2.45, 2.75) is 38.5 Å². The van der Waals surface area contributed by atoms with Gasteiger partial charge in [-0.3, -0.25) is 4.57 Å². The van der Waals surface area contributed by atoms with Crippen molar-refractivity contribution in [3.8, 4) is 0 Å². The molecule has 0 aliphatic carbocycles.